The zero-order valence-electron chi connectivity index (χ0n) is 12.5. The van der Waals surface area contributed by atoms with Crippen LogP contribution < -0.4 is 9.47 Å². The summed E-state index contributed by atoms with van der Waals surface area (Å²) in [5.74, 6) is 2.17. The maximum atomic E-state index is 12.2. The molecule has 0 aromatic heterocycles. The Morgan fingerprint density at radius 2 is 1.90 bits per heavy atom. The molecule has 1 fully saturated rings. The molecule has 0 bridgehead atoms. The second-order valence-electron chi connectivity index (χ2n) is 5.50. The fourth-order valence-corrected chi connectivity index (χ4v) is 2.91. The molecule has 110 valence electrons. The molecule has 0 amide bonds. The van der Waals surface area contributed by atoms with E-state index in [0.717, 1.165) is 49.2 Å². The number of methoxy groups -OCH3 is 2. The summed E-state index contributed by atoms with van der Waals surface area (Å²) in [5.41, 5.74) is 1.10. The number of hydrogen-bond acceptors (Lipinski definition) is 3. The van der Waals surface area contributed by atoms with Crippen molar-refractivity contribution < 1.29 is 14.3 Å². The molecule has 1 aromatic carbocycles. The second kappa shape index (κ2) is 7.32. The molecule has 1 saturated carbocycles. The van der Waals surface area contributed by atoms with Crippen LogP contribution in [0.15, 0.2) is 18.2 Å². The van der Waals surface area contributed by atoms with Gasteiger partial charge >= 0.3 is 0 Å². The third-order valence-electron chi connectivity index (χ3n) is 4.14. The fraction of sp³-hybridized carbons (Fsp3) is 0.588. The Bertz CT molecular complexity index is 454. The topological polar surface area (TPSA) is 35.5 Å². The number of carbonyl (C=O) groups excluding carboxylic acids is 1. The van der Waals surface area contributed by atoms with Gasteiger partial charge in [-0.15, -0.1) is 0 Å². The first-order valence-corrected chi connectivity index (χ1v) is 7.48. The normalized spacial score (nSPS) is 20.1. The predicted octanol–water partition coefficient (Wildman–Crippen LogP) is 3.79. The molecule has 1 unspecified atom stereocenters. The van der Waals surface area contributed by atoms with Gasteiger partial charge in [0.05, 0.1) is 14.2 Å². The lowest BCUT2D eigenvalue weighted by Crippen LogP contribution is -2.19. The third kappa shape index (κ3) is 3.75. The van der Waals surface area contributed by atoms with Gasteiger partial charge in [-0.25, -0.2) is 0 Å². The smallest absolute Gasteiger partial charge is 0.136 e. The molecule has 3 nitrogen and oxygen atoms in total. The molecule has 2 rings (SSSR count). The molecular formula is C17H24O3. The average Bonchev–Trinajstić information content (AvgIpc) is 2.47. The van der Waals surface area contributed by atoms with Crippen molar-refractivity contribution in [2.24, 2.45) is 5.92 Å². The summed E-state index contributed by atoms with van der Waals surface area (Å²) in [6.07, 6.45) is 7.20. The minimum atomic E-state index is 0.151. The second-order valence-corrected chi connectivity index (χ2v) is 5.50. The van der Waals surface area contributed by atoms with Crippen LogP contribution in [-0.2, 0) is 11.2 Å². The van der Waals surface area contributed by atoms with E-state index in [9.17, 15) is 4.79 Å². The number of rotatable bonds is 4. The molecule has 0 N–H and O–H groups in total. The molecule has 0 heterocycles. The highest BCUT2D eigenvalue weighted by Crippen LogP contribution is 2.30. The summed E-state index contributed by atoms with van der Waals surface area (Å²) >= 11 is 0. The molecule has 1 aliphatic carbocycles. The lowest BCUT2D eigenvalue weighted by molar-refractivity contribution is -0.123. The van der Waals surface area contributed by atoms with E-state index in [1.54, 1.807) is 14.2 Å². The van der Waals surface area contributed by atoms with Crippen LogP contribution in [0.25, 0.3) is 0 Å². The number of Topliss-reactive ketones (excluding diaryl/α,β-unsaturated/α-hetero) is 1. The van der Waals surface area contributed by atoms with E-state index < -0.39 is 0 Å². The summed E-state index contributed by atoms with van der Waals surface area (Å²) in [6, 6.07) is 5.84. The summed E-state index contributed by atoms with van der Waals surface area (Å²) in [4.78, 5) is 12.2. The molecule has 0 aliphatic heterocycles. The average molecular weight is 276 g/mol. The highest BCUT2D eigenvalue weighted by atomic mass is 16.5. The molecule has 0 spiro atoms. The Morgan fingerprint density at radius 1 is 1.10 bits per heavy atom. The largest absolute Gasteiger partial charge is 0.497 e. The molecule has 0 radical (unpaired) electrons. The number of ether oxygens (including phenoxy) is 2. The van der Waals surface area contributed by atoms with Crippen molar-refractivity contribution in [1.29, 1.82) is 0 Å². The zero-order chi connectivity index (χ0) is 14.4. The molecule has 20 heavy (non-hydrogen) atoms. The van der Waals surface area contributed by atoms with Crippen LogP contribution in [0.4, 0.5) is 0 Å². The summed E-state index contributed by atoms with van der Waals surface area (Å²) < 4.78 is 10.6. The lowest BCUT2D eigenvalue weighted by atomic mass is 9.85. The Balaban J connectivity index is 2.12. The first kappa shape index (κ1) is 14.9. The Hall–Kier alpha value is -1.51. The first-order valence-electron chi connectivity index (χ1n) is 7.48. The van der Waals surface area contributed by atoms with Gasteiger partial charge in [-0.3, -0.25) is 4.79 Å². The Labute approximate surface area is 121 Å². The van der Waals surface area contributed by atoms with Gasteiger partial charge in [0.25, 0.3) is 0 Å². The van der Waals surface area contributed by atoms with Crippen molar-refractivity contribution in [3.05, 3.63) is 23.8 Å². The quantitative estimate of drug-likeness (QED) is 0.839. The van der Waals surface area contributed by atoms with Gasteiger partial charge in [0, 0.05) is 18.4 Å². The molecule has 1 atom stereocenters. The van der Waals surface area contributed by atoms with Crippen LogP contribution >= 0.6 is 0 Å². The van der Waals surface area contributed by atoms with E-state index in [-0.39, 0.29) is 5.92 Å². The van der Waals surface area contributed by atoms with Gasteiger partial charge in [-0.1, -0.05) is 25.3 Å². The van der Waals surface area contributed by atoms with E-state index in [2.05, 4.69) is 0 Å². The number of carbonyl (C=O) groups is 1. The van der Waals surface area contributed by atoms with Crippen molar-refractivity contribution in [3.8, 4) is 11.5 Å². The lowest BCUT2D eigenvalue weighted by Gasteiger charge is -2.20. The van der Waals surface area contributed by atoms with Crippen LogP contribution in [0.2, 0.25) is 0 Å². The number of benzene rings is 1. The van der Waals surface area contributed by atoms with Crippen molar-refractivity contribution in [2.45, 2.75) is 44.9 Å². The van der Waals surface area contributed by atoms with Crippen LogP contribution in [0, 0.1) is 5.92 Å². The zero-order valence-corrected chi connectivity index (χ0v) is 12.5. The first-order chi connectivity index (χ1) is 9.74. The van der Waals surface area contributed by atoms with Crippen LogP contribution in [-0.4, -0.2) is 20.0 Å². The number of hydrogen-bond donors (Lipinski definition) is 0. The van der Waals surface area contributed by atoms with E-state index in [0.29, 0.717) is 5.78 Å². The van der Waals surface area contributed by atoms with Gasteiger partial charge in [-0.05, 0) is 30.9 Å². The summed E-state index contributed by atoms with van der Waals surface area (Å²) in [6.45, 7) is 0. The standard InChI is InChI=1S/C17H24O3/c1-19-15-10-9-14(17(12-15)20-2)11-13-7-5-3-4-6-8-16(13)18/h9-10,12-13H,3-8,11H2,1-2H3. The van der Waals surface area contributed by atoms with Gasteiger partial charge < -0.3 is 9.47 Å². The molecular weight excluding hydrogens is 252 g/mol. The van der Waals surface area contributed by atoms with Gasteiger partial charge in [-0.2, -0.15) is 0 Å². The SMILES string of the molecule is COc1ccc(CC2CCCCCCC2=O)c(OC)c1. The number of ketones is 1. The van der Waals surface area contributed by atoms with Crippen LogP contribution in [0.1, 0.15) is 44.1 Å². The highest BCUT2D eigenvalue weighted by molar-refractivity contribution is 5.81. The van der Waals surface area contributed by atoms with Crippen LogP contribution in [0.5, 0.6) is 11.5 Å². The van der Waals surface area contributed by atoms with Gasteiger partial charge in [0.2, 0.25) is 0 Å². The molecule has 1 aliphatic rings. The van der Waals surface area contributed by atoms with E-state index >= 15 is 0 Å². The van der Waals surface area contributed by atoms with Gasteiger partial charge in [0.15, 0.2) is 0 Å². The third-order valence-corrected chi connectivity index (χ3v) is 4.14. The van der Waals surface area contributed by atoms with Crippen LogP contribution in [0.3, 0.4) is 0 Å². The fourth-order valence-electron chi connectivity index (χ4n) is 2.91. The van der Waals surface area contributed by atoms with Crippen molar-refractivity contribution in [3.63, 3.8) is 0 Å². The summed E-state index contributed by atoms with van der Waals surface area (Å²) in [7, 11) is 3.31. The Morgan fingerprint density at radius 3 is 2.65 bits per heavy atom. The Kier molecular flexibility index (Phi) is 5.45. The summed E-state index contributed by atoms with van der Waals surface area (Å²) in [5, 5.41) is 0. The molecule has 1 aromatic rings. The minimum absolute atomic E-state index is 0.151. The highest BCUT2D eigenvalue weighted by Gasteiger charge is 2.21. The minimum Gasteiger partial charge on any atom is -0.497 e. The van der Waals surface area contributed by atoms with Gasteiger partial charge in [0.1, 0.15) is 17.3 Å². The van der Waals surface area contributed by atoms with E-state index in [1.807, 2.05) is 18.2 Å². The predicted molar refractivity (Wildman–Crippen MR) is 79.4 cm³/mol. The van der Waals surface area contributed by atoms with Crippen molar-refractivity contribution in [1.82, 2.24) is 0 Å². The molecule has 3 heteroatoms. The monoisotopic (exact) mass is 276 g/mol. The molecule has 0 saturated heterocycles. The van der Waals surface area contributed by atoms with Crippen molar-refractivity contribution >= 4 is 5.78 Å². The van der Waals surface area contributed by atoms with Crippen molar-refractivity contribution in [2.75, 3.05) is 14.2 Å². The maximum absolute atomic E-state index is 12.2. The van der Waals surface area contributed by atoms with E-state index in [4.69, 9.17) is 9.47 Å². The maximum Gasteiger partial charge on any atom is 0.136 e. The van der Waals surface area contributed by atoms with E-state index in [1.165, 1.54) is 12.8 Å².